The van der Waals surface area contributed by atoms with Crippen molar-refractivity contribution in [1.29, 1.82) is 0 Å². The van der Waals surface area contributed by atoms with E-state index in [1.54, 1.807) is 5.56 Å². The molecular weight excluding hydrogens is 346 g/mol. The number of carbonyl (C=O) groups excluding carboxylic acids is 1. The van der Waals surface area contributed by atoms with Gasteiger partial charge in [0.25, 0.3) is 0 Å². The number of hydrogen-bond acceptors (Lipinski definition) is 2. The summed E-state index contributed by atoms with van der Waals surface area (Å²) < 4.78 is 2.54. The third-order valence-electron chi connectivity index (χ3n) is 7.25. The first-order valence-electron chi connectivity index (χ1n) is 11.2. The molecule has 2 heterocycles. The van der Waals surface area contributed by atoms with Crippen molar-refractivity contribution in [2.45, 2.75) is 69.9 Å². The number of amides is 1. The highest BCUT2D eigenvalue weighted by atomic mass is 16.2. The molecule has 0 N–H and O–H groups in total. The Kier molecular flexibility index (Phi) is 4.70. The number of likely N-dealkylation sites (N-methyl/N-ethyl adjacent to an activating group) is 1. The lowest BCUT2D eigenvalue weighted by Crippen LogP contribution is -2.46. The molecule has 2 aliphatic carbocycles. The lowest BCUT2D eigenvalue weighted by Gasteiger charge is -2.40. The zero-order chi connectivity index (χ0) is 19.3. The minimum absolute atomic E-state index is 0.274. The van der Waals surface area contributed by atoms with Crippen molar-refractivity contribution >= 4 is 16.8 Å². The molecule has 5 rings (SSSR count). The van der Waals surface area contributed by atoms with Gasteiger partial charge in [-0.15, -0.1) is 0 Å². The quantitative estimate of drug-likeness (QED) is 0.787. The summed E-state index contributed by atoms with van der Waals surface area (Å²) in [4.78, 5) is 17.0. The van der Waals surface area contributed by atoms with E-state index >= 15 is 0 Å². The maximum Gasteiger partial charge on any atom is 0.237 e. The van der Waals surface area contributed by atoms with Crippen LogP contribution in [-0.4, -0.2) is 47.5 Å². The third-order valence-corrected chi connectivity index (χ3v) is 7.25. The van der Waals surface area contributed by atoms with Gasteiger partial charge in [0.05, 0.1) is 12.6 Å². The Labute approximate surface area is 168 Å². The summed E-state index contributed by atoms with van der Waals surface area (Å²) in [5, 5.41) is 1.48. The molecule has 150 valence electrons. The first-order valence-corrected chi connectivity index (χ1v) is 11.2. The van der Waals surface area contributed by atoms with E-state index in [2.05, 4.69) is 27.7 Å². The summed E-state index contributed by atoms with van der Waals surface area (Å²) in [6, 6.07) is 7.56. The van der Waals surface area contributed by atoms with Crippen molar-refractivity contribution in [3.05, 3.63) is 35.0 Å². The Morgan fingerprint density at radius 1 is 1.07 bits per heavy atom. The van der Waals surface area contributed by atoms with E-state index in [9.17, 15) is 4.79 Å². The number of rotatable bonds is 3. The van der Waals surface area contributed by atoms with Crippen molar-refractivity contribution in [3.8, 4) is 0 Å². The number of nitrogens with zero attached hydrogens (tertiary/aromatic N) is 3. The van der Waals surface area contributed by atoms with Gasteiger partial charge in [0.2, 0.25) is 5.91 Å². The van der Waals surface area contributed by atoms with Crippen LogP contribution in [0.2, 0.25) is 0 Å². The second-order valence-corrected chi connectivity index (χ2v) is 9.36. The van der Waals surface area contributed by atoms with Gasteiger partial charge in [-0.05, 0) is 75.4 Å². The predicted molar refractivity (Wildman–Crippen MR) is 114 cm³/mol. The van der Waals surface area contributed by atoms with E-state index in [1.165, 1.54) is 67.1 Å². The van der Waals surface area contributed by atoms with Gasteiger partial charge in [0, 0.05) is 29.7 Å². The van der Waals surface area contributed by atoms with Gasteiger partial charge in [0.15, 0.2) is 0 Å². The second kappa shape index (κ2) is 7.22. The van der Waals surface area contributed by atoms with Crippen molar-refractivity contribution in [2.24, 2.45) is 0 Å². The van der Waals surface area contributed by atoms with Crippen LogP contribution < -0.4 is 0 Å². The van der Waals surface area contributed by atoms with E-state index in [-0.39, 0.29) is 11.9 Å². The van der Waals surface area contributed by atoms with Gasteiger partial charge in [-0.2, -0.15) is 0 Å². The molecule has 0 bridgehead atoms. The lowest BCUT2D eigenvalue weighted by atomic mass is 9.83. The van der Waals surface area contributed by atoms with E-state index in [0.29, 0.717) is 6.54 Å². The van der Waals surface area contributed by atoms with Gasteiger partial charge < -0.3 is 14.4 Å². The molecule has 0 radical (unpaired) electrons. The van der Waals surface area contributed by atoms with Crippen molar-refractivity contribution in [1.82, 2.24) is 14.4 Å². The van der Waals surface area contributed by atoms with Crippen LogP contribution >= 0.6 is 0 Å². The molecule has 2 aromatic rings. The van der Waals surface area contributed by atoms with Crippen LogP contribution in [-0.2, 0) is 17.8 Å². The average molecular weight is 380 g/mol. The molecule has 1 atom stereocenters. The maximum atomic E-state index is 12.9. The zero-order valence-electron chi connectivity index (χ0n) is 17.4. The van der Waals surface area contributed by atoms with Crippen LogP contribution in [0.25, 0.3) is 10.9 Å². The minimum Gasteiger partial charge on any atom is -0.341 e. The second-order valence-electron chi connectivity index (χ2n) is 9.36. The summed E-state index contributed by atoms with van der Waals surface area (Å²) in [5.74, 6) is 1.03. The Balaban J connectivity index is 1.55. The van der Waals surface area contributed by atoms with Crippen LogP contribution in [0.4, 0.5) is 0 Å². The first-order chi connectivity index (χ1) is 13.6. The predicted octanol–water partition coefficient (Wildman–Crippen LogP) is 4.47. The number of hydrogen-bond donors (Lipinski definition) is 0. The smallest absolute Gasteiger partial charge is 0.237 e. The fourth-order valence-corrected chi connectivity index (χ4v) is 5.97. The largest absolute Gasteiger partial charge is 0.341 e. The maximum absolute atomic E-state index is 12.9. The molecule has 1 aromatic carbocycles. The van der Waals surface area contributed by atoms with Crippen molar-refractivity contribution in [2.75, 3.05) is 27.2 Å². The molecule has 1 aliphatic heterocycles. The van der Waals surface area contributed by atoms with E-state index in [1.807, 2.05) is 19.0 Å². The molecule has 3 aliphatic rings. The highest BCUT2D eigenvalue weighted by Gasteiger charge is 2.37. The van der Waals surface area contributed by atoms with Crippen LogP contribution in [0.15, 0.2) is 18.2 Å². The molecule has 4 heteroatoms. The summed E-state index contributed by atoms with van der Waals surface area (Å²) in [5.41, 5.74) is 5.93. The fraction of sp³-hybridized carbons (Fsp3) is 0.625. The van der Waals surface area contributed by atoms with Crippen LogP contribution in [0.1, 0.15) is 73.7 Å². The van der Waals surface area contributed by atoms with E-state index in [4.69, 9.17) is 0 Å². The fourth-order valence-electron chi connectivity index (χ4n) is 5.97. The topological polar surface area (TPSA) is 28.5 Å². The number of benzene rings is 1. The first kappa shape index (κ1) is 18.2. The SMILES string of the molecule is CN(C)CC(=O)N1CCn2c3c(c4cc(C5CCCCC5)ccc42)CCC[C@@H]31. The van der Waals surface area contributed by atoms with Gasteiger partial charge in [0.1, 0.15) is 0 Å². The standard InChI is InChI=1S/C24H33N3O/c1-25(2)16-23(28)26-13-14-27-21-12-11-18(17-7-4-3-5-8-17)15-20(21)19-9-6-10-22(26)24(19)27/h11-12,15,17,22H,3-10,13-14,16H2,1-2H3/t22-/m0/s1. The van der Waals surface area contributed by atoms with E-state index < -0.39 is 0 Å². The molecule has 4 nitrogen and oxygen atoms in total. The number of carbonyl (C=O) groups is 1. The summed E-state index contributed by atoms with van der Waals surface area (Å²) in [6.07, 6.45) is 10.3. The normalized spacial score (nSPS) is 22.7. The Bertz CT molecular complexity index is 891. The molecule has 28 heavy (non-hydrogen) atoms. The third kappa shape index (κ3) is 2.97. The zero-order valence-corrected chi connectivity index (χ0v) is 17.4. The van der Waals surface area contributed by atoms with Crippen molar-refractivity contribution < 1.29 is 4.79 Å². The monoisotopic (exact) mass is 379 g/mol. The van der Waals surface area contributed by atoms with Crippen LogP contribution in [0.5, 0.6) is 0 Å². The van der Waals surface area contributed by atoms with Crippen molar-refractivity contribution in [3.63, 3.8) is 0 Å². The molecule has 0 saturated heterocycles. The van der Waals surface area contributed by atoms with Crippen LogP contribution in [0.3, 0.4) is 0 Å². The molecule has 1 saturated carbocycles. The van der Waals surface area contributed by atoms with Gasteiger partial charge in [-0.1, -0.05) is 25.3 Å². The van der Waals surface area contributed by atoms with Gasteiger partial charge >= 0.3 is 0 Å². The molecule has 1 aromatic heterocycles. The molecule has 0 unspecified atom stereocenters. The Hall–Kier alpha value is -1.81. The molecule has 1 fully saturated rings. The molecular formula is C24H33N3O. The summed E-state index contributed by atoms with van der Waals surface area (Å²) in [7, 11) is 3.97. The lowest BCUT2D eigenvalue weighted by molar-refractivity contribution is -0.135. The summed E-state index contributed by atoms with van der Waals surface area (Å²) in [6.45, 7) is 2.29. The summed E-state index contributed by atoms with van der Waals surface area (Å²) >= 11 is 0. The number of fused-ring (bicyclic) bond motifs is 3. The van der Waals surface area contributed by atoms with E-state index in [0.717, 1.165) is 25.4 Å². The average Bonchev–Trinajstić information content (AvgIpc) is 3.03. The molecule has 0 spiro atoms. The highest BCUT2D eigenvalue weighted by molar-refractivity contribution is 5.88. The van der Waals surface area contributed by atoms with Crippen LogP contribution in [0, 0.1) is 0 Å². The molecule has 1 amide bonds. The highest BCUT2D eigenvalue weighted by Crippen LogP contribution is 2.44. The Morgan fingerprint density at radius 3 is 2.68 bits per heavy atom. The Morgan fingerprint density at radius 2 is 1.89 bits per heavy atom. The number of aromatic nitrogens is 1. The minimum atomic E-state index is 0.274. The van der Waals surface area contributed by atoms with Gasteiger partial charge in [-0.3, -0.25) is 4.79 Å². The number of aryl methyl sites for hydroxylation is 1. The van der Waals surface area contributed by atoms with Gasteiger partial charge in [-0.25, -0.2) is 0 Å².